The Labute approximate surface area is 150 Å². The number of carbonyl (C=O) groups is 1. The van der Waals surface area contributed by atoms with Crippen LogP contribution < -0.4 is 9.47 Å². The Bertz CT molecular complexity index is 748. The monoisotopic (exact) mass is 348 g/mol. The lowest BCUT2D eigenvalue weighted by Gasteiger charge is -2.05. The molecule has 25 heavy (non-hydrogen) atoms. The standard InChI is InChI=1S/C10H12O3.C9H10O3/c1-11-7-13-9-4-2-3-8(5-9)10-6-12-10;1-11-7-12-9-4-2-3-8(5-9)6-10/h2-5,10H,6-7H2,1H3;2-6H,7H2,1H3/i10D;6D. The second-order valence-corrected chi connectivity index (χ2v) is 4.97. The number of carbonyl (C=O) groups excluding carboxylic acids is 1. The maximum atomic E-state index is 10.7. The zero-order valence-electron chi connectivity index (χ0n) is 16.2. The summed E-state index contributed by atoms with van der Waals surface area (Å²) in [5, 5.41) is 0. The van der Waals surface area contributed by atoms with Crippen molar-refractivity contribution in [2.75, 3.05) is 34.4 Å². The summed E-state index contributed by atoms with van der Waals surface area (Å²) < 4.78 is 39.5. The van der Waals surface area contributed by atoms with E-state index in [1.165, 1.54) is 13.2 Å². The van der Waals surface area contributed by atoms with Crippen molar-refractivity contribution in [1.82, 2.24) is 0 Å². The van der Waals surface area contributed by atoms with Crippen LogP contribution in [-0.2, 0) is 14.2 Å². The average molecular weight is 348 g/mol. The quantitative estimate of drug-likeness (QED) is 0.415. The fourth-order valence-corrected chi connectivity index (χ4v) is 1.87. The van der Waals surface area contributed by atoms with Gasteiger partial charge in [-0.3, -0.25) is 4.79 Å². The number of ether oxygens (including phenoxy) is 5. The molecule has 1 aliphatic heterocycles. The Balaban J connectivity index is 0.000000194. The maximum Gasteiger partial charge on any atom is 0.188 e. The number of hydrogen-bond donors (Lipinski definition) is 0. The molecule has 0 aromatic heterocycles. The summed E-state index contributed by atoms with van der Waals surface area (Å²) >= 11 is 0. The molecule has 0 radical (unpaired) electrons. The summed E-state index contributed by atoms with van der Waals surface area (Å²) in [6.07, 6.45) is -1.56. The van der Waals surface area contributed by atoms with Gasteiger partial charge in [-0.05, 0) is 29.8 Å². The summed E-state index contributed by atoms with van der Waals surface area (Å²) in [4.78, 5) is 10.7. The Hall–Kier alpha value is -2.41. The Morgan fingerprint density at radius 3 is 2.28 bits per heavy atom. The molecular formula is C19H22O6. The second-order valence-electron chi connectivity index (χ2n) is 4.97. The highest BCUT2D eigenvalue weighted by Crippen LogP contribution is 2.31. The smallest absolute Gasteiger partial charge is 0.188 e. The van der Waals surface area contributed by atoms with Gasteiger partial charge in [0, 0.05) is 19.8 Å². The first-order chi connectivity index (χ1) is 13.0. The topological polar surface area (TPSA) is 66.5 Å². The molecule has 0 aliphatic carbocycles. The van der Waals surface area contributed by atoms with Crippen molar-refractivity contribution in [2.24, 2.45) is 0 Å². The van der Waals surface area contributed by atoms with Gasteiger partial charge in [-0.25, -0.2) is 0 Å². The summed E-state index contributed by atoms with van der Waals surface area (Å²) in [5.74, 6) is 1.23. The Morgan fingerprint density at radius 1 is 1.12 bits per heavy atom. The Kier molecular flexibility index (Phi) is 6.72. The van der Waals surface area contributed by atoms with Crippen LogP contribution in [0.3, 0.4) is 0 Å². The Morgan fingerprint density at radius 2 is 1.72 bits per heavy atom. The molecule has 0 bridgehead atoms. The first kappa shape index (κ1) is 16.1. The van der Waals surface area contributed by atoms with Crippen molar-refractivity contribution in [3.63, 3.8) is 0 Å². The number of hydrogen-bond acceptors (Lipinski definition) is 6. The van der Waals surface area contributed by atoms with Crippen molar-refractivity contribution < 1.29 is 31.2 Å². The van der Waals surface area contributed by atoms with Gasteiger partial charge in [-0.1, -0.05) is 24.3 Å². The molecule has 1 saturated heterocycles. The van der Waals surface area contributed by atoms with E-state index in [9.17, 15) is 4.79 Å². The molecule has 6 nitrogen and oxygen atoms in total. The van der Waals surface area contributed by atoms with E-state index in [1.54, 1.807) is 31.4 Å². The van der Waals surface area contributed by atoms with E-state index in [1.807, 2.05) is 18.2 Å². The molecule has 0 spiro atoms. The minimum atomic E-state index is -0.841. The molecule has 1 fully saturated rings. The highest BCUT2D eigenvalue weighted by atomic mass is 16.7. The third-order valence-corrected chi connectivity index (χ3v) is 3.08. The van der Waals surface area contributed by atoms with Crippen LogP contribution in [0.25, 0.3) is 0 Å². The maximum absolute atomic E-state index is 10.7. The van der Waals surface area contributed by atoms with Gasteiger partial charge in [0.1, 0.15) is 25.2 Å². The molecule has 0 saturated carbocycles. The summed E-state index contributed by atoms with van der Waals surface area (Å²) in [6, 6.07) is 13.8. The minimum absolute atomic E-state index is 0.135. The minimum Gasteiger partial charge on any atom is -0.468 e. The molecule has 134 valence electrons. The summed E-state index contributed by atoms with van der Waals surface area (Å²) in [6.45, 7) is 0.811. The van der Waals surface area contributed by atoms with Crippen LogP contribution in [0.4, 0.5) is 0 Å². The molecule has 1 atom stereocenters. The first-order valence-electron chi connectivity index (χ1n) is 8.57. The lowest BCUT2D eigenvalue weighted by molar-refractivity contribution is 0.0509. The van der Waals surface area contributed by atoms with E-state index in [4.69, 9.17) is 26.4 Å². The van der Waals surface area contributed by atoms with Crippen LogP contribution in [0, 0.1) is 0 Å². The molecule has 6 heteroatoms. The predicted octanol–water partition coefficient (Wildman–Crippen LogP) is 3.22. The van der Waals surface area contributed by atoms with Crippen LogP contribution in [-0.4, -0.2) is 40.7 Å². The second kappa shape index (κ2) is 10.5. The third-order valence-electron chi connectivity index (χ3n) is 3.08. The van der Waals surface area contributed by atoms with Crippen molar-refractivity contribution in [3.05, 3.63) is 59.7 Å². The number of methoxy groups -OCH3 is 2. The highest BCUT2D eigenvalue weighted by Gasteiger charge is 2.24. The van der Waals surface area contributed by atoms with Crippen molar-refractivity contribution in [2.45, 2.75) is 6.08 Å². The van der Waals surface area contributed by atoms with E-state index >= 15 is 0 Å². The normalized spacial score (nSPS) is 19.0. The molecular weight excluding hydrogens is 324 g/mol. The molecule has 1 heterocycles. The van der Waals surface area contributed by atoms with E-state index in [-0.39, 0.29) is 13.6 Å². The number of epoxide rings is 1. The van der Waals surface area contributed by atoms with Gasteiger partial charge in [-0.2, -0.15) is 0 Å². The zero-order chi connectivity index (χ0) is 19.7. The summed E-state index contributed by atoms with van der Waals surface area (Å²) in [7, 11) is 3.08. The number of benzene rings is 2. The third kappa shape index (κ3) is 6.93. The molecule has 1 unspecified atom stereocenters. The van der Waals surface area contributed by atoms with Gasteiger partial charge in [0.15, 0.2) is 13.6 Å². The SMILES string of the molecule is [2H]C(=O)c1cccc(OCOC)c1.[2H]C1(c2cccc(OCOC)c2)CO1. The predicted molar refractivity (Wildman–Crippen MR) is 92.0 cm³/mol. The highest BCUT2D eigenvalue weighted by molar-refractivity contribution is 5.75. The van der Waals surface area contributed by atoms with Crippen LogP contribution in [0.5, 0.6) is 11.5 Å². The average Bonchev–Trinajstić information content (AvgIpc) is 3.44. The van der Waals surface area contributed by atoms with Crippen LogP contribution in [0.2, 0.25) is 0 Å². The van der Waals surface area contributed by atoms with Crippen LogP contribution in [0.1, 0.15) is 24.7 Å². The van der Waals surface area contributed by atoms with Crippen molar-refractivity contribution >= 4 is 6.26 Å². The zero-order valence-corrected chi connectivity index (χ0v) is 14.2. The van der Waals surface area contributed by atoms with E-state index in [0.717, 1.165) is 5.56 Å². The van der Waals surface area contributed by atoms with Crippen molar-refractivity contribution in [3.8, 4) is 11.5 Å². The van der Waals surface area contributed by atoms with E-state index in [0.29, 0.717) is 23.7 Å². The molecule has 2 aromatic rings. The van der Waals surface area contributed by atoms with E-state index in [2.05, 4.69) is 0 Å². The largest absolute Gasteiger partial charge is 0.468 e. The lowest BCUT2D eigenvalue weighted by Crippen LogP contribution is -1.98. The first-order valence-corrected chi connectivity index (χ1v) is 7.57. The lowest BCUT2D eigenvalue weighted by atomic mass is 10.1. The van der Waals surface area contributed by atoms with Gasteiger partial charge in [0.25, 0.3) is 0 Å². The van der Waals surface area contributed by atoms with Gasteiger partial charge >= 0.3 is 0 Å². The molecule has 3 rings (SSSR count). The molecule has 2 aromatic carbocycles. The van der Waals surface area contributed by atoms with Crippen LogP contribution in [0.15, 0.2) is 48.5 Å². The number of rotatable bonds is 8. The van der Waals surface area contributed by atoms with Gasteiger partial charge in [0.2, 0.25) is 0 Å². The van der Waals surface area contributed by atoms with Gasteiger partial charge in [-0.15, -0.1) is 0 Å². The van der Waals surface area contributed by atoms with Gasteiger partial charge in [0.05, 0.1) is 7.98 Å². The fourth-order valence-electron chi connectivity index (χ4n) is 1.87. The molecule has 0 amide bonds. The van der Waals surface area contributed by atoms with E-state index < -0.39 is 12.3 Å². The number of aldehydes is 1. The summed E-state index contributed by atoms with van der Waals surface area (Å²) in [5.41, 5.74) is 1.14. The fraction of sp³-hybridized carbons (Fsp3) is 0.316. The van der Waals surface area contributed by atoms with Gasteiger partial charge < -0.3 is 23.7 Å². The van der Waals surface area contributed by atoms with Crippen LogP contribution >= 0.6 is 0 Å². The van der Waals surface area contributed by atoms with Crippen molar-refractivity contribution in [1.29, 1.82) is 0 Å². The molecule has 0 N–H and O–H groups in total. The molecule has 1 aliphatic rings.